The van der Waals surface area contributed by atoms with Crippen molar-refractivity contribution in [3.05, 3.63) is 80.1 Å². The molecule has 1 heterocycles. The third kappa shape index (κ3) is 3.48. The van der Waals surface area contributed by atoms with Gasteiger partial charge >= 0.3 is 5.63 Å². The molecule has 120 valence electrons. The number of rotatable bonds is 3. The van der Waals surface area contributed by atoms with Gasteiger partial charge in [0.25, 0.3) is 5.91 Å². The number of carbonyl (C=O) groups is 1. The van der Waals surface area contributed by atoms with Crippen molar-refractivity contribution in [2.75, 3.05) is 0 Å². The molecule has 0 fully saturated rings. The molecule has 2 aromatic carbocycles. The normalized spacial score (nSPS) is 11.1. The van der Waals surface area contributed by atoms with Crippen LogP contribution in [0.1, 0.15) is 15.9 Å². The standard InChI is InChI=1S/C17H10Cl2N2O3/c18-12-6-5-11(14(19)8-12)9-20-21-16(22)13-7-10-3-1-2-4-15(10)24-17(13)23/h1-9H,(H,21,22)/b20-9+. The molecule has 0 saturated carbocycles. The summed E-state index contributed by atoms with van der Waals surface area (Å²) in [7, 11) is 0. The number of amides is 1. The van der Waals surface area contributed by atoms with Crippen molar-refractivity contribution in [3.8, 4) is 0 Å². The maximum atomic E-state index is 12.1. The molecule has 3 rings (SSSR count). The monoisotopic (exact) mass is 360 g/mol. The second-order valence-corrected chi connectivity index (χ2v) is 5.69. The predicted molar refractivity (Wildman–Crippen MR) is 94.0 cm³/mol. The zero-order chi connectivity index (χ0) is 17.1. The molecular weight excluding hydrogens is 351 g/mol. The zero-order valence-corrected chi connectivity index (χ0v) is 13.6. The van der Waals surface area contributed by atoms with Crippen LogP contribution in [0.4, 0.5) is 0 Å². The number of para-hydroxylation sites is 1. The van der Waals surface area contributed by atoms with E-state index in [1.54, 1.807) is 42.5 Å². The van der Waals surface area contributed by atoms with Crippen molar-refractivity contribution in [1.82, 2.24) is 5.43 Å². The summed E-state index contributed by atoms with van der Waals surface area (Å²) in [6.45, 7) is 0. The Morgan fingerprint density at radius 3 is 2.71 bits per heavy atom. The van der Waals surface area contributed by atoms with Crippen LogP contribution < -0.4 is 11.1 Å². The molecule has 0 spiro atoms. The van der Waals surface area contributed by atoms with Gasteiger partial charge in [0.05, 0.1) is 11.2 Å². The van der Waals surface area contributed by atoms with Crippen molar-refractivity contribution >= 4 is 46.3 Å². The summed E-state index contributed by atoms with van der Waals surface area (Å²) in [5, 5.41) is 5.33. The van der Waals surface area contributed by atoms with Crippen LogP contribution in [-0.4, -0.2) is 12.1 Å². The molecule has 0 unspecified atom stereocenters. The third-order valence-corrected chi connectivity index (χ3v) is 3.78. The van der Waals surface area contributed by atoms with Crippen LogP contribution in [0.5, 0.6) is 0 Å². The quantitative estimate of drug-likeness (QED) is 0.437. The highest BCUT2D eigenvalue weighted by molar-refractivity contribution is 6.36. The van der Waals surface area contributed by atoms with Gasteiger partial charge in [0, 0.05) is 16.0 Å². The third-order valence-electron chi connectivity index (χ3n) is 3.22. The van der Waals surface area contributed by atoms with E-state index in [1.165, 1.54) is 12.3 Å². The van der Waals surface area contributed by atoms with E-state index in [0.717, 1.165) is 0 Å². The molecule has 1 aromatic heterocycles. The van der Waals surface area contributed by atoms with E-state index in [-0.39, 0.29) is 5.56 Å². The van der Waals surface area contributed by atoms with E-state index >= 15 is 0 Å². The SMILES string of the molecule is O=C(N/N=C/c1ccc(Cl)cc1Cl)c1cc2ccccc2oc1=O. The minimum atomic E-state index is -0.731. The van der Waals surface area contributed by atoms with Gasteiger partial charge in [-0.05, 0) is 24.3 Å². The first kappa shape index (κ1) is 16.2. The largest absolute Gasteiger partial charge is 0.422 e. The van der Waals surface area contributed by atoms with Crippen LogP contribution >= 0.6 is 23.2 Å². The van der Waals surface area contributed by atoms with E-state index in [9.17, 15) is 9.59 Å². The minimum absolute atomic E-state index is 0.131. The number of hydrazone groups is 1. The lowest BCUT2D eigenvalue weighted by Gasteiger charge is -2.01. The second kappa shape index (κ2) is 6.86. The van der Waals surface area contributed by atoms with Crippen molar-refractivity contribution < 1.29 is 9.21 Å². The number of hydrogen-bond donors (Lipinski definition) is 1. The highest BCUT2D eigenvalue weighted by atomic mass is 35.5. The van der Waals surface area contributed by atoms with Crippen LogP contribution in [0.3, 0.4) is 0 Å². The molecule has 3 aromatic rings. The van der Waals surface area contributed by atoms with Gasteiger partial charge < -0.3 is 4.42 Å². The van der Waals surface area contributed by atoms with Gasteiger partial charge in [-0.25, -0.2) is 10.2 Å². The number of carbonyl (C=O) groups excluding carboxylic acids is 1. The van der Waals surface area contributed by atoms with Crippen molar-refractivity contribution in [2.24, 2.45) is 5.10 Å². The van der Waals surface area contributed by atoms with Crippen molar-refractivity contribution in [2.45, 2.75) is 0 Å². The molecule has 7 heteroatoms. The van der Waals surface area contributed by atoms with Gasteiger partial charge in [-0.1, -0.05) is 47.5 Å². The average molecular weight is 361 g/mol. The molecule has 0 bridgehead atoms. The molecule has 1 N–H and O–H groups in total. The van der Waals surface area contributed by atoms with Crippen LogP contribution in [0, 0.1) is 0 Å². The Hall–Kier alpha value is -2.63. The summed E-state index contributed by atoms with van der Waals surface area (Å²) in [4.78, 5) is 24.0. The van der Waals surface area contributed by atoms with Gasteiger partial charge in [0.15, 0.2) is 0 Å². The minimum Gasteiger partial charge on any atom is -0.422 e. The summed E-state index contributed by atoms with van der Waals surface area (Å²) in [6, 6.07) is 13.2. The Balaban J connectivity index is 1.81. The maximum Gasteiger partial charge on any atom is 0.349 e. The number of halogens is 2. The van der Waals surface area contributed by atoms with E-state index in [4.69, 9.17) is 27.6 Å². The second-order valence-electron chi connectivity index (χ2n) is 4.85. The Morgan fingerprint density at radius 1 is 1.12 bits per heavy atom. The fourth-order valence-electron chi connectivity index (χ4n) is 2.05. The lowest BCUT2D eigenvalue weighted by molar-refractivity contribution is 0.0951. The van der Waals surface area contributed by atoms with E-state index in [2.05, 4.69) is 10.5 Å². The van der Waals surface area contributed by atoms with Crippen LogP contribution in [0.2, 0.25) is 10.0 Å². The molecule has 0 aliphatic rings. The van der Waals surface area contributed by atoms with Crippen LogP contribution in [-0.2, 0) is 0 Å². The highest BCUT2D eigenvalue weighted by Crippen LogP contribution is 2.19. The number of fused-ring (bicyclic) bond motifs is 1. The number of benzene rings is 2. The van der Waals surface area contributed by atoms with Gasteiger partial charge in [0.2, 0.25) is 0 Å². The lowest BCUT2D eigenvalue weighted by Crippen LogP contribution is -2.24. The first-order chi connectivity index (χ1) is 11.5. The average Bonchev–Trinajstić information content (AvgIpc) is 2.56. The molecule has 24 heavy (non-hydrogen) atoms. The Bertz CT molecular complexity index is 1010. The van der Waals surface area contributed by atoms with E-state index in [0.29, 0.717) is 26.6 Å². The van der Waals surface area contributed by atoms with E-state index < -0.39 is 11.5 Å². The highest BCUT2D eigenvalue weighted by Gasteiger charge is 2.12. The molecule has 0 radical (unpaired) electrons. The fourth-order valence-corrected chi connectivity index (χ4v) is 2.50. The van der Waals surface area contributed by atoms with Crippen molar-refractivity contribution in [1.29, 1.82) is 0 Å². The Morgan fingerprint density at radius 2 is 1.92 bits per heavy atom. The molecule has 0 aliphatic heterocycles. The lowest BCUT2D eigenvalue weighted by atomic mass is 10.2. The van der Waals surface area contributed by atoms with Gasteiger partial charge in [-0.2, -0.15) is 5.10 Å². The first-order valence-corrected chi connectivity index (χ1v) is 7.61. The number of nitrogens with one attached hydrogen (secondary N) is 1. The summed E-state index contributed by atoms with van der Waals surface area (Å²) in [6.07, 6.45) is 1.36. The fraction of sp³-hybridized carbons (Fsp3) is 0. The number of nitrogens with zero attached hydrogens (tertiary/aromatic N) is 1. The molecular formula is C17H10Cl2N2O3. The molecule has 0 atom stereocenters. The van der Waals surface area contributed by atoms with Crippen molar-refractivity contribution in [3.63, 3.8) is 0 Å². The molecule has 1 amide bonds. The van der Waals surface area contributed by atoms with Gasteiger partial charge in [-0.15, -0.1) is 0 Å². The summed E-state index contributed by atoms with van der Waals surface area (Å²) < 4.78 is 5.11. The van der Waals surface area contributed by atoms with Gasteiger partial charge in [0.1, 0.15) is 11.1 Å². The summed E-state index contributed by atoms with van der Waals surface area (Å²) >= 11 is 11.8. The van der Waals surface area contributed by atoms with E-state index in [1.807, 2.05) is 0 Å². The summed E-state index contributed by atoms with van der Waals surface area (Å²) in [5.41, 5.74) is 2.40. The van der Waals surface area contributed by atoms with Gasteiger partial charge in [-0.3, -0.25) is 4.79 Å². The first-order valence-electron chi connectivity index (χ1n) is 6.86. The Labute approximate surface area is 146 Å². The Kier molecular flexibility index (Phi) is 4.64. The molecule has 0 saturated heterocycles. The maximum absolute atomic E-state index is 12.1. The zero-order valence-electron chi connectivity index (χ0n) is 12.1. The van der Waals surface area contributed by atoms with Crippen LogP contribution in [0.15, 0.2) is 62.8 Å². The molecule has 5 nitrogen and oxygen atoms in total. The molecule has 0 aliphatic carbocycles. The summed E-state index contributed by atoms with van der Waals surface area (Å²) in [5.74, 6) is -0.671. The predicted octanol–water partition coefficient (Wildman–Crippen LogP) is 3.86. The van der Waals surface area contributed by atoms with Crippen LogP contribution in [0.25, 0.3) is 11.0 Å². The smallest absolute Gasteiger partial charge is 0.349 e. The topological polar surface area (TPSA) is 71.7 Å². The number of hydrogen-bond acceptors (Lipinski definition) is 4.